The molecule has 1 aliphatic rings. The summed E-state index contributed by atoms with van der Waals surface area (Å²) in [6.07, 6.45) is 0. The monoisotopic (exact) mass is 315 g/mol. The number of hydrogen-bond acceptors (Lipinski definition) is 5. The molecular weight excluding hydrogens is 290 g/mol. The van der Waals surface area contributed by atoms with Crippen molar-refractivity contribution in [2.75, 3.05) is 32.8 Å². The largest absolute Gasteiger partial charge is 0.379 e. The fourth-order valence-corrected chi connectivity index (χ4v) is 2.36. The Hall–Kier alpha value is -1.87. The van der Waals surface area contributed by atoms with Gasteiger partial charge in [-0.1, -0.05) is 13.8 Å². The smallest absolute Gasteiger partial charge is 0.315 e. The average Bonchev–Trinajstić information content (AvgIpc) is 2.45. The second kappa shape index (κ2) is 8.54. The van der Waals surface area contributed by atoms with Crippen LogP contribution in [-0.2, 0) is 14.3 Å². The molecule has 0 aromatic rings. The maximum atomic E-state index is 11.8. The molecule has 1 atom stereocenters. The van der Waals surface area contributed by atoms with E-state index in [0.29, 0.717) is 25.7 Å². The number of rotatable bonds is 7. The lowest BCUT2D eigenvalue weighted by Gasteiger charge is -2.36. The summed E-state index contributed by atoms with van der Waals surface area (Å²) in [4.78, 5) is 36.1. The van der Waals surface area contributed by atoms with Crippen molar-refractivity contribution in [1.29, 1.82) is 0 Å². The van der Waals surface area contributed by atoms with Crippen LogP contribution in [0.2, 0.25) is 0 Å². The van der Waals surface area contributed by atoms with Gasteiger partial charge in [-0.25, -0.2) is 4.79 Å². The standard InChI is InChI=1S/C13H25N5O4/c1-8(2)9(18-3-5-22-6-4-18)7-16-13(21)17-10(11(14)19)12(15)20/h8-10H,3-7H2,1-2H3,(H2,14,19)(H2,15,20)(H2,16,17,21)/t9-/m1/s1. The minimum Gasteiger partial charge on any atom is -0.379 e. The summed E-state index contributed by atoms with van der Waals surface area (Å²) in [5, 5.41) is 4.82. The van der Waals surface area contributed by atoms with Gasteiger partial charge in [-0.15, -0.1) is 0 Å². The number of nitrogens with one attached hydrogen (secondary N) is 2. The van der Waals surface area contributed by atoms with Crippen LogP contribution in [0.25, 0.3) is 0 Å². The maximum Gasteiger partial charge on any atom is 0.315 e. The zero-order chi connectivity index (χ0) is 16.7. The number of nitrogens with zero attached hydrogens (tertiary/aromatic N) is 1. The molecule has 6 N–H and O–H groups in total. The van der Waals surface area contributed by atoms with Gasteiger partial charge >= 0.3 is 6.03 Å². The van der Waals surface area contributed by atoms with Gasteiger partial charge in [-0.3, -0.25) is 14.5 Å². The second-order valence-corrected chi connectivity index (χ2v) is 5.55. The first-order valence-electron chi connectivity index (χ1n) is 7.27. The highest BCUT2D eigenvalue weighted by Crippen LogP contribution is 2.12. The lowest BCUT2D eigenvalue weighted by Crippen LogP contribution is -2.57. The highest BCUT2D eigenvalue weighted by Gasteiger charge is 2.26. The number of primary amides is 2. The summed E-state index contributed by atoms with van der Waals surface area (Å²) in [6, 6.07) is -2.03. The van der Waals surface area contributed by atoms with Gasteiger partial charge in [0, 0.05) is 25.7 Å². The van der Waals surface area contributed by atoms with Gasteiger partial charge in [-0.05, 0) is 5.92 Å². The fraction of sp³-hybridized carbons (Fsp3) is 0.769. The quantitative estimate of drug-likeness (QED) is 0.402. The molecule has 0 radical (unpaired) electrons. The van der Waals surface area contributed by atoms with E-state index in [9.17, 15) is 14.4 Å². The van der Waals surface area contributed by atoms with Gasteiger partial charge < -0.3 is 26.8 Å². The van der Waals surface area contributed by atoms with Crippen LogP contribution in [0.1, 0.15) is 13.8 Å². The highest BCUT2D eigenvalue weighted by molar-refractivity contribution is 6.05. The van der Waals surface area contributed by atoms with Crippen LogP contribution in [0, 0.1) is 5.92 Å². The van der Waals surface area contributed by atoms with Gasteiger partial charge in [0.15, 0.2) is 6.04 Å². The van der Waals surface area contributed by atoms with Crippen LogP contribution in [0.3, 0.4) is 0 Å². The predicted molar refractivity (Wildman–Crippen MR) is 79.7 cm³/mol. The van der Waals surface area contributed by atoms with Gasteiger partial charge in [0.2, 0.25) is 11.8 Å². The van der Waals surface area contributed by atoms with E-state index in [1.807, 2.05) is 0 Å². The minimum atomic E-state index is -1.51. The van der Waals surface area contributed by atoms with Crippen molar-refractivity contribution in [3.63, 3.8) is 0 Å². The van der Waals surface area contributed by atoms with Gasteiger partial charge in [0.25, 0.3) is 0 Å². The Bertz CT molecular complexity index is 395. The van der Waals surface area contributed by atoms with Crippen molar-refractivity contribution >= 4 is 17.8 Å². The van der Waals surface area contributed by atoms with E-state index >= 15 is 0 Å². The van der Waals surface area contributed by atoms with E-state index in [1.54, 1.807) is 0 Å². The molecule has 0 saturated carbocycles. The zero-order valence-corrected chi connectivity index (χ0v) is 13.0. The molecule has 1 aliphatic heterocycles. The van der Waals surface area contributed by atoms with Crippen molar-refractivity contribution in [3.8, 4) is 0 Å². The van der Waals surface area contributed by atoms with Crippen molar-refractivity contribution in [3.05, 3.63) is 0 Å². The predicted octanol–water partition coefficient (Wildman–Crippen LogP) is -2.02. The molecule has 0 aromatic carbocycles. The van der Waals surface area contributed by atoms with E-state index in [0.717, 1.165) is 13.1 Å². The normalized spacial score (nSPS) is 17.3. The van der Waals surface area contributed by atoms with E-state index in [4.69, 9.17) is 16.2 Å². The lowest BCUT2D eigenvalue weighted by atomic mass is 10.0. The Kier molecular flexibility index (Phi) is 7.06. The van der Waals surface area contributed by atoms with Crippen LogP contribution in [0.5, 0.6) is 0 Å². The van der Waals surface area contributed by atoms with E-state index in [1.165, 1.54) is 0 Å². The third-order valence-electron chi connectivity index (χ3n) is 3.60. The Balaban J connectivity index is 2.51. The molecular formula is C13H25N5O4. The van der Waals surface area contributed by atoms with Crippen LogP contribution >= 0.6 is 0 Å². The molecule has 0 spiro atoms. The first-order chi connectivity index (χ1) is 10.3. The molecule has 22 heavy (non-hydrogen) atoms. The van der Waals surface area contributed by atoms with Gasteiger partial charge in [0.1, 0.15) is 0 Å². The topological polar surface area (TPSA) is 140 Å². The zero-order valence-electron chi connectivity index (χ0n) is 13.0. The van der Waals surface area contributed by atoms with Gasteiger partial charge in [-0.2, -0.15) is 0 Å². The molecule has 1 rings (SSSR count). The third kappa shape index (κ3) is 5.49. The molecule has 1 heterocycles. The number of carbonyl (C=O) groups excluding carboxylic acids is 3. The first kappa shape index (κ1) is 18.2. The summed E-state index contributed by atoms with van der Waals surface area (Å²) >= 11 is 0. The number of morpholine rings is 1. The summed E-state index contributed by atoms with van der Waals surface area (Å²) in [5.41, 5.74) is 10.0. The Labute approximate surface area is 129 Å². The van der Waals surface area contributed by atoms with Crippen LogP contribution in [0.15, 0.2) is 0 Å². The molecule has 9 nitrogen and oxygen atoms in total. The highest BCUT2D eigenvalue weighted by atomic mass is 16.5. The average molecular weight is 315 g/mol. The lowest BCUT2D eigenvalue weighted by molar-refractivity contribution is -0.128. The Morgan fingerprint density at radius 1 is 1.14 bits per heavy atom. The third-order valence-corrected chi connectivity index (χ3v) is 3.60. The van der Waals surface area contributed by atoms with E-state index < -0.39 is 23.9 Å². The second-order valence-electron chi connectivity index (χ2n) is 5.55. The fourth-order valence-electron chi connectivity index (χ4n) is 2.36. The van der Waals surface area contributed by atoms with Crippen molar-refractivity contribution in [1.82, 2.24) is 15.5 Å². The molecule has 0 bridgehead atoms. The minimum absolute atomic E-state index is 0.134. The molecule has 0 unspecified atom stereocenters. The number of hydrogen-bond donors (Lipinski definition) is 4. The number of urea groups is 1. The van der Waals surface area contributed by atoms with Crippen molar-refractivity contribution in [2.24, 2.45) is 17.4 Å². The van der Waals surface area contributed by atoms with E-state index in [-0.39, 0.29) is 6.04 Å². The molecule has 1 saturated heterocycles. The van der Waals surface area contributed by atoms with E-state index in [2.05, 4.69) is 29.4 Å². The molecule has 9 heteroatoms. The number of amides is 4. The summed E-state index contributed by atoms with van der Waals surface area (Å²) < 4.78 is 5.32. The SMILES string of the molecule is CC(C)[C@@H](CNC(=O)NC(C(N)=O)C(N)=O)N1CCOCC1. The molecule has 0 aliphatic carbocycles. The summed E-state index contributed by atoms with van der Waals surface area (Å²) in [7, 11) is 0. The number of carbonyl (C=O) groups is 3. The maximum absolute atomic E-state index is 11.8. The number of nitrogens with two attached hydrogens (primary N) is 2. The molecule has 4 amide bonds. The Morgan fingerprint density at radius 3 is 2.14 bits per heavy atom. The summed E-state index contributed by atoms with van der Waals surface area (Å²) in [6.45, 7) is 7.45. The summed E-state index contributed by atoms with van der Waals surface area (Å²) in [5.74, 6) is -1.66. The van der Waals surface area contributed by atoms with Crippen molar-refractivity contribution in [2.45, 2.75) is 25.9 Å². The van der Waals surface area contributed by atoms with Gasteiger partial charge in [0.05, 0.1) is 13.2 Å². The van der Waals surface area contributed by atoms with Crippen LogP contribution in [-0.4, -0.2) is 67.7 Å². The first-order valence-corrected chi connectivity index (χ1v) is 7.27. The Morgan fingerprint density at radius 2 is 1.68 bits per heavy atom. The number of ether oxygens (including phenoxy) is 1. The van der Waals surface area contributed by atoms with Crippen LogP contribution in [0.4, 0.5) is 4.79 Å². The molecule has 0 aromatic heterocycles. The molecule has 126 valence electrons. The van der Waals surface area contributed by atoms with Crippen molar-refractivity contribution < 1.29 is 19.1 Å². The van der Waals surface area contributed by atoms with Crippen LogP contribution < -0.4 is 22.1 Å². The molecule has 1 fully saturated rings.